The lowest BCUT2D eigenvalue weighted by Gasteiger charge is -2.43. The van der Waals surface area contributed by atoms with Gasteiger partial charge in [-0.1, -0.05) is 30.3 Å². The zero-order valence-electron chi connectivity index (χ0n) is 11.5. The highest BCUT2D eigenvalue weighted by Crippen LogP contribution is 2.44. The topological polar surface area (TPSA) is 48.7 Å². The first-order valence-electron chi connectivity index (χ1n) is 6.88. The van der Waals surface area contributed by atoms with Gasteiger partial charge in [0.25, 0.3) is 0 Å². The molecule has 1 aliphatic rings. The van der Waals surface area contributed by atoms with Crippen LogP contribution in [-0.2, 0) is 5.41 Å². The van der Waals surface area contributed by atoms with Crippen molar-refractivity contribution in [2.75, 3.05) is 5.32 Å². The standard InChI is InChI=1S/C17H17N3/c1-13-16(8-5-9-19-13)20-15-10-17(11-15,12-18)14-6-3-2-4-7-14/h2-9,15,20H,10-11H2,1H3. The first kappa shape index (κ1) is 12.7. The van der Waals surface area contributed by atoms with Gasteiger partial charge in [0.2, 0.25) is 0 Å². The Labute approximate surface area is 119 Å². The number of hydrogen-bond donors (Lipinski definition) is 1. The van der Waals surface area contributed by atoms with E-state index in [2.05, 4.69) is 28.5 Å². The minimum absolute atomic E-state index is 0.324. The van der Waals surface area contributed by atoms with Crippen LogP contribution >= 0.6 is 0 Å². The molecule has 0 radical (unpaired) electrons. The maximum absolute atomic E-state index is 9.54. The van der Waals surface area contributed by atoms with Crippen LogP contribution in [0.4, 0.5) is 5.69 Å². The number of pyridine rings is 1. The smallest absolute Gasteiger partial charge is 0.0861 e. The van der Waals surface area contributed by atoms with Gasteiger partial charge in [0.05, 0.1) is 22.9 Å². The van der Waals surface area contributed by atoms with Crippen molar-refractivity contribution >= 4 is 5.69 Å². The lowest BCUT2D eigenvalue weighted by molar-refractivity contribution is 0.289. The number of anilines is 1. The molecule has 0 amide bonds. The van der Waals surface area contributed by atoms with Gasteiger partial charge in [-0.3, -0.25) is 4.98 Å². The largest absolute Gasteiger partial charge is 0.381 e. The Morgan fingerprint density at radius 2 is 1.95 bits per heavy atom. The molecule has 100 valence electrons. The Hall–Kier alpha value is -2.34. The van der Waals surface area contributed by atoms with Crippen LogP contribution in [0.2, 0.25) is 0 Å². The summed E-state index contributed by atoms with van der Waals surface area (Å²) in [5, 5.41) is 13.0. The summed E-state index contributed by atoms with van der Waals surface area (Å²) in [4.78, 5) is 4.28. The molecule has 1 aliphatic carbocycles. The quantitative estimate of drug-likeness (QED) is 0.923. The first-order chi connectivity index (χ1) is 9.73. The van der Waals surface area contributed by atoms with E-state index >= 15 is 0 Å². The highest BCUT2D eigenvalue weighted by molar-refractivity contribution is 5.50. The van der Waals surface area contributed by atoms with E-state index in [0.717, 1.165) is 29.8 Å². The van der Waals surface area contributed by atoms with Gasteiger partial charge in [-0.15, -0.1) is 0 Å². The molecule has 1 saturated carbocycles. The van der Waals surface area contributed by atoms with Crippen molar-refractivity contribution in [2.24, 2.45) is 0 Å². The molecule has 1 heterocycles. The SMILES string of the molecule is Cc1ncccc1NC1CC(C#N)(c2ccccc2)C1. The van der Waals surface area contributed by atoms with Gasteiger partial charge in [-0.25, -0.2) is 0 Å². The fourth-order valence-corrected chi connectivity index (χ4v) is 2.89. The Kier molecular flexibility index (Phi) is 3.15. The van der Waals surface area contributed by atoms with Gasteiger partial charge in [0.1, 0.15) is 0 Å². The minimum atomic E-state index is -0.324. The Balaban J connectivity index is 1.72. The molecule has 20 heavy (non-hydrogen) atoms. The van der Waals surface area contributed by atoms with Crippen LogP contribution in [0, 0.1) is 18.3 Å². The Bertz CT molecular complexity index is 637. The predicted octanol–water partition coefficient (Wildman–Crippen LogP) is 3.43. The minimum Gasteiger partial charge on any atom is -0.381 e. The summed E-state index contributed by atoms with van der Waals surface area (Å²) >= 11 is 0. The zero-order valence-corrected chi connectivity index (χ0v) is 11.5. The van der Waals surface area contributed by atoms with E-state index in [1.54, 1.807) is 6.20 Å². The third-order valence-corrected chi connectivity index (χ3v) is 4.10. The van der Waals surface area contributed by atoms with E-state index in [0.29, 0.717) is 6.04 Å². The van der Waals surface area contributed by atoms with Gasteiger partial charge < -0.3 is 5.32 Å². The molecule has 3 rings (SSSR count). The van der Waals surface area contributed by atoms with Crippen LogP contribution in [0.5, 0.6) is 0 Å². The molecule has 0 bridgehead atoms. The Morgan fingerprint density at radius 3 is 2.60 bits per heavy atom. The lowest BCUT2D eigenvalue weighted by Crippen LogP contribution is -2.47. The molecule has 0 saturated heterocycles. The molecule has 3 heteroatoms. The molecular weight excluding hydrogens is 246 g/mol. The zero-order chi connectivity index (χ0) is 14.0. The van der Waals surface area contributed by atoms with Crippen LogP contribution in [-0.4, -0.2) is 11.0 Å². The fraction of sp³-hybridized carbons (Fsp3) is 0.294. The van der Waals surface area contributed by atoms with Crippen molar-refractivity contribution in [1.29, 1.82) is 5.26 Å². The molecule has 1 fully saturated rings. The fourth-order valence-electron chi connectivity index (χ4n) is 2.89. The Morgan fingerprint density at radius 1 is 1.20 bits per heavy atom. The molecule has 0 spiro atoms. The third-order valence-electron chi connectivity index (χ3n) is 4.10. The van der Waals surface area contributed by atoms with Crippen molar-refractivity contribution < 1.29 is 0 Å². The van der Waals surface area contributed by atoms with Gasteiger partial charge in [-0.05, 0) is 37.5 Å². The number of benzene rings is 1. The number of aromatic nitrogens is 1. The van der Waals surface area contributed by atoms with Crippen LogP contribution in [0.3, 0.4) is 0 Å². The summed E-state index contributed by atoms with van der Waals surface area (Å²) < 4.78 is 0. The van der Waals surface area contributed by atoms with E-state index < -0.39 is 0 Å². The molecule has 0 unspecified atom stereocenters. The average Bonchev–Trinajstić information content (AvgIpc) is 2.45. The average molecular weight is 263 g/mol. The van der Waals surface area contributed by atoms with E-state index in [9.17, 15) is 5.26 Å². The van der Waals surface area contributed by atoms with Crippen molar-refractivity contribution in [3.8, 4) is 6.07 Å². The van der Waals surface area contributed by atoms with Crippen molar-refractivity contribution in [1.82, 2.24) is 4.98 Å². The van der Waals surface area contributed by atoms with Gasteiger partial charge in [0, 0.05) is 12.2 Å². The summed E-state index contributed by atoms with van der Waals surface area (Å²) in [5.74, 6) is 0. The summed E-state index contributed by atoms with van der Waals surface area (Å²) in [6.07, 6.45) is 3.49. The third kappa shape index (κ3) is 2.14. The maximum Gasteiger partial charge on any atom is 0.0861 e. The lowest BCUT2D eigenvalue weighted by atomic mass is 9.62. The number of aryl methyl sites for hydroxylation is 1. The second-order valence-corrected chi connectivity index (χ2v) is 5.45. The van der Waals surface area contributed by atoms with Crippen LogP contribution in [0.1, 0.15) is 24.1 Å². The van der Waals surface area contributed by atoms with Crippen LogP contribution < -0.4 is 5.32 Å². The second kappa shape index (κ2) is 4.97. The van der Waals surface area contributed by atoms with Crippen molar-refractivity contribution in [2.45, 2.75) is 31.2 Å². The van der Waals surface area contributed by atoms with Crippen molar-refractivity contribution in [3.63, 3.8) is 0 Å². The van der Waals surface area contributed by atoms with E-state index in [1.165, 1.54) is 0 Å². The monoisotopic (exact) mass is 263 g/mol. The van der Waals surface area contributed by atoms with Crippen molar-refractivity contribution in [3.05, 3.63) is 59.9 Å². The number of hydrogen-bond acceptors (Lipinski definition) is 3. The molecule has 1 N–H and O–H groups in total. The van der Waals surface area contributed by atoms with Gasteiger partial charge in [0.15, 0.2) is 0 Å². The highest BCUT2D eigenvalue weighted by Gasteiger charge is 2.46. The molecular formula is C17H17N3. The van der Waals surface area contributed by atoms with E-state index in [4.69, 9.17) is 0 Å². The maximum atomic E-state index is 9.54. The summed E-state index contributed by atoms with van der Waals surface area (Å²) in [6.45, 7) is 2.00. The number of rotatable bonds is 3. The molecule has 1 aromatic carbocycles. The predicted molar refractivity (Wildman–Crippen MR) is 79.4 cm³/mol. The van der Waals surface area contributed by atoms with E-state index in [1.807, 2.05) is 37.3 Å². The molecule has 0 aliphatic heterocycles. The normalized spacial score (nSPS) is 24.5. The molecule has 1 aromatic heterocycles. The van der Waals surface area contributed by atoms with Crippen LogP contribution in [0.15, 0.2) is 48.7 Å². The molecule has 0 atom stereocenters. The number of nitriles is 1. The van der Waals surface area contributed by atoms with E-state index in [-0.39, 0.29) is 5.41 Å². The van der Waals surface area contributed by atoms with Gasteiger partial charge in [-0.2, -0.15) is 5.26 Å². The van der Waals surface area contributed by atoms with Gasteiger partial charge >= 0.3 is 0 Å². The second-order valence-electron chi connectivity index (χ2n) is 5.45. The molecule has 2 aromatic rings. The first-order valence-corrected chi connectivity index (χ1v) is 6.88. The highest BCUT2D eigenvalue weighted by atomic mass is 15.0. The van der Waals surface area contributed by atoms with Crippen LogP contribution in [0.25, 0.3) is 0 Å². The summed E-state index contributed by atoms with van der Waals surface area (Å²) in [5.41, 5.74) is 2.87. The summed E-state index contributed by atoms with van der Waals surface area (Å²) in [7, 11) is 0. The molecule has 3 nitrogen and oxygen atoms in total. The number of nitrogens with one attached hydrogen (secondary N) is 1. The summed E-state index contributed by atoms with van der Waals surface area (Å²) in [6, 6.07) is 16.9. The number of nitrogens with zero attached hydrogens (tertiary/aromatic N) is 2.